The van der Waals surface area contributed by atoms with E-state index in [1.807, 2.05) is 36.4 Å². The molecule has 2 aromatic rings. The number of fused-ring (bicyclic) bond motifs is 1. The Morgan fingerprint density at radius 1 is 1.04 bits per heavy atom. The Morgan fingerprint density at radius 2 is 1.70 bits per heavy atom. The number of ether oxygens (including phenoxy) is 2. The van der Waals surface area contributed by atoms with Gasteiger partial charge in [-0.3, -0.25) is 9.69 Å². The fraction of sp³-hybridized carbons (Fsp3) is 0.381. The van der Waals surface area contributed by atoms with Crippen molar-refractivity contribution in [2.24, 2.45) is 5.92 Å². The van der Waals surface area contributed by atoms with E-state index < -0.39 is 0 Å². The first-order chi connectivity index (χ1) is 12.7. The molecule has 6 heteroatoms. The second kappa shape index (κ2) is 8.96. The number of Topliss-reactive ketones (excluding diaryl/α,β-unsaturated/α-hetero) is 1. The van der Waals surface area contributed by atoms with Gasteiger partial charge in [-0.05, 0) is 62.3 Å². The second-order valence-corrected chi connectivity index (χ2v) is 7.38. The van der Waals surface area contributed by atoms with Crippen LogP contribution < -0.4 is 9.47 Å². The third-order valence-corrected chi connectivity index (χ3v) is 5.37. The molecule has 4 nitrogen and oxygen atoms in total. The molecule has 27 heavy (non-hydrogen) atoms. The molecule has 2 aliphatic rings. The van der Waals surface area contributed by atoms with Gasteiger partial charge in [0.2, 0.25) is 0 Å². The van der Waals surface area contributed by atoms with E-state index in [1.54, 1.807) is 12.1 Å². The van der Waals surface area contributed by atoms with Crippen molar-refractivity contribution >= 4 is 29.8 Å². The van der Waals surface area contributed by atoms with E-state index in [4.69, 9.17) is 21.1 Å². The maximum atomic E-state index is 12.6. The summed E-state index contributed by atoms with van der Waals surface area (Å²) in [5.74, 6) is 1.96. The third kappa shape index (κ3) is 4.75. The Bertz CT molecular complexity index is 773. The number of carbonyl (C=O) groups is 1. The highest BCUT2D eigenvalue weighted by atomic mass is 35.5. The van der Waals surface area contributed by atoms with Crippen LogP contribution in [0.4, 0.5) is 0 Å². The van der Waals surface area contributed by atoms with E-state index in [1.165, 1.54) is 0 Å². The van der Waals surface area contributed by atoms with Crippen LogP contribution in [0.2, 0.25) is 5.02 Å². The molecule has 0 amide bonds. The number of carbonyl (C=O) groups excluding carboxylic acids is 1. The maximum absolute atomic E-state index is 12.6. The quantitative estimate of drug-likeness (QED) is 0.699. The summed E-state index contributed by atoms with van der Waals surface area (Å²) >= 11 is 5.91. The summed E-state index contributed by atoms with van der Waals surface area (Å²) in [6.45, 7) is 3.22. The Kier molecular flexibility index (Phi) is 6.64. The van der Waals surface area contributed by atoms with Gasteiger partial charge in [-0.25, -0.2) is 0 Å². The zero-order chi connectivity index (χ0) is 17.9. The number of nitrogens with zero attached hydrogens (tertiary/aromatic N) is 1. The van der Waals surface area contributed by atoms with E-state index >= 15 is 0 Å². The van der Waals surface area contributed by atoms with Crippen molar-refractivity contribution in [1.82, 2.24) is 4.90 Å². The van der Waals surface area contributed by atoms with Crippen molar-refractivity contribution in [1.29, 1.82) is 0 Å². The lowest BCUT2D eigenvalue weighted by atomic mass is 9.89. The Labute approximate surface area is 170 Å². The lowest BCUT2D eigenvalue weighted by Gasteiger charge is -2.35. The smallest absolute Gasteiger partial charge is 0.166 e. The minimum Gasteiger partial charge on any atom is -0.486 e. The van der Waals surface area contributed by atoms with Crippen LogP contribution in [0.1, 0.15) is 23.2 Å². The number of benzene rings is 2. The third-order valence-electron chi connectivity index (χ3n) is 5.12. The van der Waals surface area contributed by atoms with Gasteiger partial charge in [0, 0.05) is 23.0 Å². The van der Waals surface area contributed by atoms with Gasteiger partial charge in [0.25, 0.3) is 0 Å². The van der Waals surface area contributed by atoms with Crippen LogP contribution in [0.25, 0.3) is 0 Å². The average molecular weight is 408 g/mol. The van der Waals surface area contributed by atoms with Gasteiger partial charge in [0.05, 0.1) is 0 Å². The predicted molar refractivity (Wildman–Crippen MR) is 109 cm³/mol. The molecule has 0 radical (unpaired) electrons. The molecule has 1 saturated heterocycles. The Balaban J connectivity index is 0.00000210. The molecule has 2 aromatic carbocycles. The zero-order valence-corrected chi connectivity index (χ0v) is 16.5. The minimum absolute atomic E-state index is 0. The summed E-state index contributed by atoms with van der Waals surface area (Å²) < 4.78 is 11.8. The molecule has 0 aliphatic carbocycles. The summed E-state index contributed by atoms with van der Waals surface area (Å²) in [7, 11) is 0. The molecule has 2 heterocycles. The van der Waals surface area contributed by atoms with Crippen LogP contribution in [0, 0.1) is 5.92 Å². The van der Waals surface area contributed by atoms with Crippen LogP contribution in [-0.4, -0.2) is 43.0 Å². The summed E-state index contributed by atoms with van der Waals surface area (Å²) in [4.78, 5) is 15.0. The van der Waals surface area contributed by atoms with Gasteiger partial charge >= 0.3 is 0 Å². The minimum atomic E-state index is 0. The molecule has 144 valence electrons. The van der Waals surface area contributed by atoms with Crippen molar-refractivity contribution in [2.75, 3.05) is 26.2 Å². The molecular formula is C21H23Cl2NO3. The van der Waals surface area contributed by atoms with Gasteiger partial charge in [-0.15, -0.1) is 12.4 Å². The highest BCUT2D eigenvalue weighted by molar-refractivity contribution is 6.30. The number of likely N-dealkylation sites (tertiary alicyclic amines) is 1. The van der Waals surface area contributed by atoms with E-state index in [0.717, 1.165) is 49.5 Å². The van der Waals surface area contributed by atoms with Gasteiger partial charge in [-0.1, -0.05) is 23.7 Å². The standard InChI is InChI=1S/C21H22ClNO3.ClH/c22-17-7-5-15(6-8-17)21(24)16-9-11-23(12-10-16)13-18-14-25-19-3-1-2-4-20(19)26-18;/h1-8,16,18H,9-14H2;1H. The molecular weight excluding hydrogens is 385 g/mol. The largest absolute Gasteiger partial charge is 0.486 e. The predicted octanol–water partition coefficient (Wildman–Crippen LogP) is 4.50. The number of piperidine rings is 1. The number of hydrogen-bond donors (Lipinski definition) is 0. The van der Waals surface area contributed by atoms with Crippen LogP contribution in [0.3, 0.4) is 0 Å². The monoisotopic (exact) mass is 407 g/mol. The van der Waals surface area contributed by atoms with Crippen LogP contribution in [-0.2, 0) is 0 Å². The van der Waals surface area contributed by atoms with Gasteiger partial charge in [0.1, 0.15) is 12.7 Å². The molecule has 1 fully saturated rings. The fourth-order valence-corrected chi connectivity index (χ4v) is 3.79. The van der Waals surface area contributed by atoms with Gasteiger partial charge in [0.15, 0.2) is 17.3 Å². The second-order valence-electron chi connectivity index (χ2n) is 6.94. The summed E-state index contributed by atoms with van der Waals surface area (Å²) in [6, 6.07) is 15.0. The van der Waals surface area contributed by atoms with Crippen LogP contribution in [0.15, 0.2) is 48.5 Å². The highest BCUT2D eigenvalue weighted by Crippen LogP contribution is 2.31. The van der Waals surface area contributed by atoms with Gasteiger partial charge in [-0.2, -0.15) is 0 Å². The summed E-state index contributed by atoms with van der Waals surface area (Å²) in [5.41, 5.74) is 0.758. The van der Waals surface area contributed by atoms with Crippen LogP contribution >= 0.6 is 24.0 Å². The van der Waals surface area contributed by atoms with Crippen LogP contribution in [0.5, 0.6) is 11.5 Å². The van der Waals surface area contributed by atoms with E-state index in [9.17, 15) is 4.79 Å². The van der Waals surface area contributed by atoms with Crippen molar-refractivity contribution in [2.45, 2.75) is 18.9 Å². The Morgan fingerprint density at radius 3 is 2.41 bits per heavy atom. The molecule has 1 unspecified atom stereocenters. The summed E-state index contributed by atoms with van der Waals surface area (Å²) in [5, 5.41) is 0.660. The van der Waals surface area contributed by atoms with E-state index in [0.29, 0.717) is 11.6 Å². The van der Waals surface area contributed by atoms with Crippen molar-refractivity contribution in [3.05, 3.63) is 59.1 Å². The molecule has 1 atom stereocenters. The SMILES string of the molecule is Cl.O=C(c1ccc(Cl)cc1)C1CCN(CC2COc3ccccc3O2)CC1. The number of para-hydroxylation sites is 2. The number of ketones is 1. The summed E-state index contributed by atoms with van der Waals surface area (Å²) in [6.07, 6.45) is 1.80. The maximum Gasteiger partial charge on any atom is 0.166 e. The van der Waals surface area contributed by atoms with E-state index in [2.05, 4.69) is 4.90 Å². The Hall–Kier alpha value is -1.75. The first-order valence-electron chi connectivity index (χ1n) is 9.09. The number of hydrogen-bond acceptors (Lipinski definition) is 4. The zero-order valence-electron chi connectivity index (χ0n) is 15.0. The van der Waals surface area contributed by atoms with Crippen molar-refractivity contribution in [3.8, 4) is 11.5 Å². The average Bonchev–Trinajstić information content (AvgIpc) is 2.68. The molecule has 4 rings (SSSR count). The van der Waals surface area contributed by atoms with Crippen molar-refractivity contribution < 1.29 is 14.3 Å². The lowest BCUT2D eigenvalue weighted by Crippen LogP contribution is -2.45. The van der Waals surface area contributed by atoms with Gasteiger partial charge < -0.3 is 9.47 Å². The first-order valence-corrected chi connectivity index (χ1v) is 9.47. The molecule has 0 bridgehead atoms. The fourth-order valence-electron chi connectivity index (χ4n) is 3.67. The molecule has 0 N–H and O–H groups in total. The lowest BCUT2D eigenvalue weighted by molar-refractivity contribution is 0.0462. The normalized spacial score (nSPS) is 20.0. The molecule has 0 spiro atoms. The molecule has 0 saturated carbocycles. The van der Waals surface area contributed by atoms with E-state index in [-0.39, 0.29) is 30.2 Å². The topological polar surface area (TPSA) is 38.8 Å². The molecule has 0 aromatic heterocycles. The van der Waals surface area contributed by atoms with Crippen molar-refractivity contribution in [3.63, 3.8) is 0 Å². The number of rotatable bonds is 4. The number of halogens is 2. The first kappa shape index (κ1) is 20.0. The molecule has 2 aliphatic heterocycles. The highest BCUT2D eigenvalue weighted by Gasteiger charge is 2.29.